The summed E-state index contributed by atoms with van der Waals surface area (Å²) in [6, 6.07) is 13.5. The summed E-state index contributed by atoms with van der Waals surface area (Å²) in [6.07, 6.45) is 4.20. The molecule has 1 heterocycles. The second kappa shape index (κ2) is 7.01. The van der Waals surface area contributed by atoms with Gasteiger partial charge >= 0.3 is 0 Å². The molecule has 0 aromatic heterocycles. The van der Waals surface area contributed by atoms with E-state index in [9.17, 15) is 4.79 Å². The van der Waals surface area contributed by atoms with Crippen LogP contribution < -0.4 is 14.8 Å². The third-order valence-electron chi connectivity index (χ3n) is 3.74. The normalized spacial score (nSPS) is 12.6. The van der Waals surface area contributed by atoms with Crippen molar-refractivity contribution in [3.63, 3.8) is 0 Å². The van der Waals surface area contributed by atoms with Crippen LogP contribution in [-0.2, 0) is 13.0 Å². The number of nitrogens with one attached hydrogen (secondary N) is 1. The Hall–Kier alpha value is -2.75. The van der Waals surface area contributed by atoms with Crippen molar-refractivity contribution in [2.75, 3.05) is 6.79 Å². The molecule has 1 aliphatic heterocycles. The Morgan fingerprint density at radius 3 is 2.61 bits per heavy atom. The van der Waals surface area contributed by atoms with E-state index in [1.54, 1.807) is 12.3 Å². The molecule has 0 atom stereocenters. The van der Waals surface area contributed by atoms with Gasteiger partial charge in [0, 0.05) is 24.4 Å². The summed E-state index contributed by atoms with van der Waals surface area (Å²) >= 11 is 0. The maximum Gasteiger partial charge on any atom is 0.231 e. The van der Waals surface area contributed by atoms with Gasteiger partial charge in [-0.2, -0.15) is 0 Å². The van der Waals surface area contributed by atoms with Crippen molar-refractivity contribution in [1.82, 2.24) is 5.32 Å². The van der Waals surface area contributed by atoms with Crippen LogP contribution in [0, 0.1) is 0 Å². The molecule has 0 amide bonds. The van der Waals surface area contributed by atoms with Crippen LogP contribution in [0.15, 0.2) is 54.7 Å². The lowest BCUT2D eigenvalue weighted by Crippen LogP contribution is -2.06. The Balaban J connectivity index is 1.53. The lowest BCUT2D eigenvalue weighted by atomic mass is 10.1. The predicted molar refractivity (Wildman–Crippen MR) is 88.7 cm³/mol. The molecule has 1 N–H and O–H groups in total. The molecule has 118 valence electrons. The zero-order valence-corrected chi connectivity index (χ0v) is 13.0. The Morgan fingerprint density at radius 1 is 1.09 bits per heavy atom. The topological polar surface area (TPSA) is 47.6 Å². The van der Waals surface area contributed by atoms with Gasteiger partial charge in [-0.3, -0.25) is 4.79 Å². The number of rotatable bonds is 6. The van der Waals surface area contributed by atoms with Crippen LogP contribution in [0.1, 0.15) is 28.4 Å². The van der Waals surface area contributed by atoms with E-state index >= 15 is 0 Å². The average Bonchev–Trinajstić information content (AvgIpc) is 3.06. The standard InChI is InChI=1S/C19H19NO3/c1-2-14-3-6-16(7-4-14)17(21)9-10-20-12-15-5-8-18-19(11-15)23-13-22-18/h3-11,20H,2,12-13H2,1H3. The van der Waals surface area contributed by atoms with Gasteiger partial charge in [-0.25, -0.2) is 0 Å². The van der Waals surface area contributed by atoms with Crippen molar-refractivity contribution >= 4 is 5.78 Å². The van der Waals surface area contributed by atoms with Gasteiger partial charge in [-0.1, -0.05) is 37.3 Å². The molecule has 1 aliphatic rings. The Morgan fingerprint density at radius 2 is 1.83 bits per heavy atom. The van der Waals surface area contributed by atoms with Crippen molar-refractivity contribution in [3.8, 4) is 11.5 Å². The Bertz CT molecular complexity index is 720. The summed E-state index contributed by atoms with van der Waals surface area (Å²) in [5, 5.41) is 3.12. The minimum Gasteiger partial charge on any atom is -0.454 e. The molecule has 23 heavy (non-hydrogen) atoms. The van der Waals surface area contributed by atoms with E-state index in [0.29, 0.717) is 12.1 Å². The fraction of sp³-hybridized carbons (Fsp3) is 0.211. The zero-order valence-electron chi connectivity index (χ0n) is 13.0. The zero-order chi connectivity index (χ0) is 16.1. The van der Waals surface area contributed by atoms with Crippen molar-refractivity contribution in [2.45, 2.75) is 19.9 Å². The van der Waals surface area contributed by atoms with Crippen LogP contribution in [0.25, 0.3) is 0 Å². The number of fused-ring (bicyclic) bond motifs is 1. The summed E-state index contributed by atoms with van der Waals surface area (Å²) in [5.74, 6) is 1.53. The molecule has 0 saturated heterocycles. The fourth-order valence-electron chi connectivity index (χ4n) is 2.36. The van der Waals surface area contributed by atoms with Gasteiger partial charge in [0.15, 0.2) is 17.3 Å². The molecule has 0 unspecified atom stereocenters. The summed E-state index contributed by atoms with van der Waals surface area (Å²) in [6.45, 7) is 2.99. The molecular formula is C19H19NO3. The second-order valence-electron chi connectivity index (χ2n) is 5.32. The molecule has 2 aromatic carbocycles. The van der Waals surface area contributed by atoms with Gasteiger partial charge in [0.1, 0.15) is 0 Å². The molecule has 0 fully saturated rings. The largest absolute Gasteiger partial charge is 0.454 e. The first-order valence-electron chi connectivity index (χ1n) is 7.68. The highest BCUT2D eigenvalue weighted by Gasteiger charge is 2.12. The number of allylic oxidation sites excluding steroid dienone is 1. The molecule has 4 heteroatoms. The minimum atomic E-state index is -0.00848. The monoisotopic (exact) mass is 309 g/mol. The summed E-state index contributed by atoms with van der Waals surface area (Å²) in [5.41, 5.74) is 2.99. The Labute approximate surface area is 135 Å². The van der Waals surface area contributed by atoms with Gasteiger partial charge in [0.2, 0.25) is 6.79 Å². The number of ketones is 1. The molecule has 0 spiro atoms. The highest BCUT2D eigenvalue weighted by Crippen LogP contribution is 2.32. The first kappa shape index (κ1) is 15.2. The van der Waals surface area contributed by atoms with Crippen molar-refractivity contribution in [2.24, 2.45) is 0 Å². The maximum absolute atomic E-state index is 12.0. The number of hydrogen-bond donors (Lipinski definition) is 1. The highest BCUT2D eigenvalue weighted by atomic mass is 16.7. The first-order valence-corrected chi connectivity index (χ1v) is 7.68. The molecule has 4 nitrogen and oxygen atoms in total. The first-order chi connectivity index (χ1) is 11.3. The minimum absolute atomic E-state index is 0.00848. The van der Waals surface area contributed by atoms with Gasteiger partial charge < -0.3 is 14.8 Å². The molecule has 0 bridgehead atoms. The van der Waals surface area contributed by atoms with Gasteiger partial charge in [0.25, 0.3) is 0 Å². The van der Waals surface area contributed by atoms with Crippen LogP contribution in [0.5, 0.6) is 11.5 Å². The molecular weight excluding hydrogens is 290 g/mol. The van der Waals surface area contributed by atoms with Crippen molar-refractivity contribution in [1.29, 1.82) is 0 Å². The lowest BCUT2D eigenvalue weighted by molar-refractivity contribution is 0.104. The molecule has 0 aliphatic carbocycles. The second-order valence-corrected chi connectivity index (χ2v) is 5.32. The van der Waals surface area contributed by atoms with Gasteiger partial charge in [0.05, 0.1) is 0 Å². The van der Waals surface area contributed by atoms with Crippen LogP contribution in [0.4, 0.5) is 0 Å². The van der Waals surface area contributed by atoms with Crippen LogP contribution in [-0.4, -0.2) is 12.6 Å². The fourth-order valence-corrected chi connectivity index (χ4v) is 2.36. The summed E-state index contributed by atoms with van der Waals surface area (Å²) in [7, 11) is 0. The van der Waals surface area contributed by atoms with Gasteiger partial charge in [-0.05, 0) is 29.7 Å². The quantitative estimate of drug-likeness (QED) is 0.656. The van der Waals surface area contributed by atoms with E-state index in [4.69, 9.17) is 9.47 Å². The number of ether oxygens (including phenoxy) is 2. The van der Waals surface area contributed by atoms with Gasteiger partial charge in [-0.15, -0.1) is 0 Å². The summed E-state index contributed by atoms with van der Waals surface area (Å²) < 4.78 is 10.6. The van der Waals surface area contributed by atoms with Crippen LogP contribution in [0.3, 0.4) is 0 Å². The van der Waals surface area contributed by atoms with E-state index in [1.165, 1.54) is 5.56 Å². The van der Waals surface area contributed by atoms with Crippen LogP contribution >= 0.6 is 0 Å². The third kappa shape index (κ3) is 3.72. The predicted octanol–water partition coefficient (Wildman–Crippen LogP) is 3.46. The maximum atomic E-state index is 12.0. The number of carbonyl (C=O) groups is 1. The SMILES string of the molecule is CCc1ccc(C(=O)C=CNCc2ccc3c(c2)OCO3)cc1. The van der Waals surface area contributed by atoms with Crippen molar-refractivity contribution in [3.05, 3.63) is 71.4 Å². The summed E-state index contributed by atoms with van der Waals surface area (Å²) in [4.78, 5) is 12.0. The van der Waals surface area contributed by atoms with E-state index in [2.05, 4.69) is 12.2 Å². The molecule has 3 rings (SSSR count). The number of carbonyl (C=O) groups excluding carboxylic acids is 1. The van der Waals surface area contributed by atoms with E-state index in [-0.39, 0.29) is 12.6 Å². The van der Waals surface area contributed by atoms with Crippen LogP contribution in [0.2, 0.25) is 0 Å². The number of benzene rings is 2. The number of aryl methyl sites for hydroxylation is 1. The Kier molecular flexibility index (Phi) is 4.62. The highest BCUT2D eigenvalue weighted by molar-refractivity contribution is 6.04. The lowest BCUT2D eigenvalue weighted by Gasteiger charge is -2.03. The van der Waals surface area contributed by atoms with E-state index in [1.807, 2.05) is 42.5 Å². The average molecular weight is 309 g/mol. The molecule has 0 saturated carbocycles. The number of hydrogen-bond acceptors (Lipinski definition) is 4. The molecule has 2 aromatic rings. The van der Waals surface area contributed by atoms with E-state index < -0.39 is 0 Å². The molecule has 0 radical (unpaired) electrons. The van der Waals surface area contributed by atoms with Crippen molar-refractivity contribution < 1.29 is 14.3 Å². The third-order valence-corrected chi connectivity index (χ3v) is 3.74. The van der Waals surface area contributed by atoms with E-state index in [0.717, 1.165) is 23.5 Å². The smallest absolute Gasteiger partial charge is 0.231 e.